The summed E-state index contributed by atoms with van der Waals surface area (Å²) in [5.74, 6) is -1.60. The molecular formula is C34H54O7. The van der Waals surface area contributed by atoms with Crippen LogP contribution in [-0.4, -0.2) is 57.8 Å². The number of carbonyl (C=O) groups excluding carboxylic acids is 2. The fraction of sp³-hybridized carbons (Fsp3) is 0.647. The zero-order valence-corrected chi connectivity index (χ0v) is 26.1. The predicted octanol–water partition coefficient (Wildman–Crippen LogP) is 5.71. The first kappa shape index (κ1) is 36.5. The molecule has 1 aliphatic rings. The molecule has 11 atom stereocenters. The first-order chi connectivity index (χ1) is 19.3. The van der Waals surface area contributed by atoms with E-state index in [-0.39, 0.29) is 41.9 Å². The summed E-state index contributed by atoms with van der Waals surface area (Å²) in [5.41, 5.74) is 0. The first-order valence-corrected chi connectivity index (χ1v) is 15.0. The van der Waals surface area contributed by atoms with E-state index in [1.807, 2.05) is 52.8 Å². The summed E-state index contributed by atoms with van der Waals surface area (Å²) in [6.45, 7) is 16.8. The number of aliphatic hydroxyl groups is 3. The molecule has 7 heteroatoms. The number of ether oxygens (including phenoxy) is 2. The number of rotatable bonds is 4. The van der Waals surface area contributed by atoms with Gasteiger partial charge >= 0.3 is 11.9 Å². The van der Waals surface area contributed by atoms with Crippen molar-refractivity contribution in [3.63, 3.8) is 0 Å². The molecule has 0 aliphatic carbocycles. The van der Waals surface area contributed by atoms with Crippen molar-refractivity contribution in [1.82, 2.24) is 0 Å². The van der Waals surface area contributed by atoms with Gasteiger partial charge in [0.05, 0.1) is 18.3 Å². The standard InChI is InChI=1S/C34H54O7/c1-9-10-13-25(5)34-27(7)30(36)19-16-22(2)20-26(6)33(39)24(4)17-18-29(40-28(8)35)21-31(37)23(3)14-11-12-15-32(38)41-34/h9-15,17-18,22-27,29-31,33-34,36-37,39H,1,16,19-21H2,2-8H3/b13-10-,14-11+,15-12-,18-17-/t22-,23+,24-,25-,26-,27-,29+,30+,31-,33-,34-/m0/s1. The van der Waals surface area contributed by atoms with Crippen molar-refractivity contribution >= 4 is 11.9 Å². The second-order valence-electron chi connectivity index (χ2n) is 12.0. The van der Waals surface area contributed by atoms with Crippen molar-refractivity contribution in [3.8, 4) is 0 Å². The predicted molar refractivity (Wildman–Crippen MR) is 164 cm³/mol. The van der Waals surface area contributed by atoms with Gasteiger partial charge < -0.3 is 24.8 Å². The highest BCUT2D eigenvalue weighted by Crippen LogP contribution is 2.28. The third-order valence-electron chi connectivity index (χ3n) is 8.08. The van der Waals surface area contributed by atoms with E-state index in [0.717, 1.165) is 12.8 Å². The highest BCUT2D eigenvalue weighted by molar-refractivity contribution is 5.82. The Bertz CT molecular complexity index is 920. The summed E-state index contributed by atoms with van der Waals surface area (Å²) < 4.78 is 11.3. The second-order valence-corrected chi connectivity index (χ2v) is 12.0. The molecule has 0 saturated heterocycles. The maximum Gasteiger partial charge on any atom is 0.331 e. The van der Waals surface area contributed by atoms with Gasteiger partial charge in [-0.05, 0) is 37.2 Å². The van der Waals surface area contributed by atoms with Gasteiger partial charge in [0.2, 0.25) is 0 Å². The van der Waals surface area contributed by atoms with E-state index < -0.39 is 42.5 Å². The lowest BCUT2D eigenvalue weighted by Gasteiger charge is -2.31. The molecule has 1 rings (SSSR count). The van der Waals surface area contributed by atoms with Gasteiger partial charge in [0, 0.05) is 43.1 Å². The topological polar surface area (TPSA) is 113 Å². The molecule has 0 bridgehead atoms. The Morgan fingerprint density at radius 2 is 1.68 bits per heavy atom. The van der Waals surface area contributed by atoms with Crippen LogP contribution >= 0.6 is 0 Å². The molecule has 1 aliphatic heterocycles. The summed E-state index contributed by atoms with van der Waals surface area (Å²) >= 11 is 0. The number of carbonyl (C=O) groups is 2. The van der Waals surface area contributed by atoms with Crippen LogP contribution in [0.15, 0.2) is 61.3 Å². The Morgan fingerprint density at radius 1 is 1.00 bits per heavy atom. The minimum Gasteiger partial charge on any atom is -0.458 e. The molecule has 232 valence electrons. The van der Waals surface area contributed by atoms with Gasteiger partial charge in [-0.25, -0.2) is 4.79 Å². The lowest BCUT2D eigenvalue weighted by molar-refractivity contribution is -0.150. The molecule has 0 unspecified atom stereocenters. The molecule has 0 aromatic rings. The SMILES string of the molecule is C=C/C=C\[C@H](C)[C@@H]1OC(=O)/C=C\C=C\[C@@H](C)[C@@H](O)C[C@H](OC(C)=O)/C=C\[C@H](C)[C@H](O)[C@@H](C)C[C@@H](C)CC[C@@H](O)[C@@H]1C. The van der Waals surface area contributed by atoms with Crippen LogP contribution in [0.4, 0.5) is 0 Å². The van der Waals surface area contributed by atoms with E-state index in [1.54, 1.807) is 30.4 Å². The summed E-state index contributed by atoms with van der Waals surface area (Å²) in [4.78, 5) is 24.4. The van der Waals surface area contributed by atoms with Crippen molar-refractivity contribution in [1.29, 1.82) is 0 Å². The smallest absolute Gasteiger partial charge is 0.331 e. The van der Waals surface area contributed by atoms with E-state index in [1.165, 1.54) is 13.0 Å². The molecular weight excluding hydrogens is 520 g/mol. The first-order valence-electron chi connectivity index (χ1n) is 15.0. The van der Waals surface area contributed by atoms with Gasteiger partial charge in [-0.2, -0.15) is 0 Å². The van der Waals surface area contributed by atoms with Crippen molar-refractivity contribution in [2.75, 3.05) is 0 Å². The van der Waals surface area contributed by atoms with Crippen molar-refractivity contribution in [2.45, 2.75) is 105 Å². The van der Waals surface area contributed by atoms with Crippen LogP contribution in [0.2, 0.25) is 0 Å². The lowest BCUT2D eigenvalue weighted by Crippen LogP contribution is -2.37. The molecule has 41 heavy (non-hydrogen) atoms. The van der Waals surface area contributed by atoms with Crippen LogP contribution in [0.1, 0.15) is 74.1 Å². The summed E-state index contributed by atoms with van der Waals surface area (Å²) in [5, 5.41) is 32.8. The van der Waals surface area contributed by atoms with Crippen LogP contribution in [0.3, 0.4) is 0 Å². The number of hydrogen-bond acceptors (Lipinski definition) is 7. The molecule has 1 heterocycles. The Labute approximate surface area is 247 Å². The Hall–Kier alpha value is -2.48. The van der Waals surface area contributed by atoms with E-state index in [4.69, 9.17) is 9.47 Å². The van der Waals surface area contributed by atoms with Crippen molar-refractivity contribution in [2.24, 2.45) is 35.5 Å². The fourth-order valence-corrected chi connectivity index (χ4v) is 5.32. The molecule has 0 fully saturated rings. The summed E-state index contributed by atoms with van der Waals surface area (Å²) in [6.07, 6.45) is 14.3. The monoisotopic (exact) mass is 574 g/mol. The quantitative estimate of drug-likeness (QED) is 0.224. The van der Waals surface area contributed by atoms with Crippen molar-refractivity contribution in [3.05, 3.63) is 61.3 Å². The summed E-state index contributed by atoms with van der Waals surface area (Å²) in [6, 6.07) is 0. The largest absolute Gasteiger partial charge is 0.458 e. The van der Waals surface area contributed by atoms with Gasteiger partial charge in [0.15, 0.2) is 0 Å². The molecule has 0 radical (unpaired) electrons. The summed E-state index contributed by atoms with van der Waals surface area (Å²) in [7, 11) is 0. The number of cyclic esters (lactones) is 1. The van der Waals surface area contributed by atoms with E-state index in [2.05, 4.69) is 13.5 Å². The second kappa shape index (κ2) is 18.9. The maximum atomic E-state index is 12.7. The van der Waals surface area contributed by atoms with E-state index >= 15 is 0 Å². The Kier molecular flexibility index (Phi) is 16.8. The molecule has 0 amide bonds. The van der Waals surface area contributed by atoms with Crippen LogP contribution in [0.5, 0.6) is 0 Å². The van der Waals surface area contributed by atoms with Gasteiger partial charge in [0.25, 0.3) is 0 Å². The highest BCUT2D eigenvalue weighted by Gasteiger charge is 2.31. The van der Waals surface area contributed by atoms with Crippen LogP contribution < -0.4 is 0 Å². The van der Waals surface area contributed by atoms with Crippen LogP contribution in [0.25, 0.3) is 0 Å². The molecule has 3 N–H and O–H groups in total. The number of allylic oxidation sites excluding steroid dienone is 4. The van der Waals surface area contributed by atoms with Crippen LogP contribution in [0, 0.1) is 35.5 Å². The Morgan fingerprint density at radius 3 is 2.32 bits per heavy atom. The molecule has 7 nitrogen and oxygen atoms in total. The third kappa shape index (κ3) is 13.8. The van der Waals surface area contributed by atoms with Gasteiger partial charge in [-0.15, -0.1) is 0 Å². The zero-order valence-electron chi connectivity index (χ0n) is 26.1. The van der Waals surface area contributed by atoms with Gasteiger partial charge in [0.1, 0.15) is 12.2 Å². The Balaban J connectivity index is 3.27. The van der Waals surface area contributed by atoms with Crippen LogP contribution in [-0.2, 0) is 19.1 Å². The average molecular weight is 575 g/mol. The fourth-order valence-electron chi connectivity index (χ4n) is 5.32. The minimum atomic E-state index is -0.803. The third-order valence-corrected chi connectivity index (χ3v) is 8.08. The normalized spacial score (nSPS) is 38.4. The highest BCUT2D eigenvalue weighted by atomic mass is 16.5. The lowest BCUT2D eigenvalue weighted by atomic mass is 9.82. The van der Waals surface area contributed by atoms with Crippen molar-refractivity contribution < 1.29 is 34.4 Å². The van der Waals surface area contributed by atoms with Gasteiger partial charge in [-0.3, -0.25) is 4.79 Å². The molecule has 0 saturated carbocycles. The molecule has 0 aromatic heterocycles. The molecule has 0 aromatic carbocycles. The number of esters is 2. The molecule has 0 spiro atoms. The van der Waals surface area contributed by atoms with E-state index in [9.17, 15) is 24.9 Å². The maximum absolute atomic E-state index is 12.7. The average Bonchev–Trinajstić information content (AvgIpc) is 2.92. The van der Waals surface area contributed by atoms with Gasteiger partial charge in [-0.1, -0.05) is 90.7 Å². The number of hydrogen-bond donors (Lipinski definition) is 3. The van der Waals surface area contributed by atoms with E-state index in [0.29, 0.717) is 6.42 Å². The minimum absolute atomic E-state index is 0.00422. The zero-order chi connectivity index (χ0) is 31.1. The number of aliphatic hydroxyl groups excluding tert-OH is 3.